The van der Waals surface area contributed by atoms with Crippen LogP contribution in [-0.2, 0) is 4.79 Å². The van der Waals surface area contributed by atoms with E-state index in [1.165, 1.54) is 76.1 Å². The van der Waals surface area contributed by atoms with E-state index in [0.29, 0.717) is 18.1 Å². The second-order valence-corrected chi connectivity index (χ2v) is 13.0. The number of hydrogen-bond donors (Lipinski definition) is 1. The van der Waals surface area contributed by atoms with Gasteiger partial charge in [0.15, 0.2) is 0 Å². The molecule has 1 N–H and O–H groups in total. The fraction of sp³-hybridized carbons (Fsp3) is 0.742. The Hall–Kier alpha value is -1.92. The second-order valence-electron chi connectivity index (χ2n) is 13.0. The molecule has 1 aromatic heterocycles. The fourth-order valence-corrected chi connectivity index (χ4v) is 9.45. The Morgan fingerprint density at radius 2 is 1.68 bits per heavy atom. The zero-order chi connectivity index (χ0) is 24.9. The maximum absolute atomic E-state index is 11.7. The molecule has 0 amide bonds. The monoisotopic (exact) mass is 504 g/mol. The highest BCUT2D eigenvalue weighted by Crippen LogP contribution is 2.49. The minimum atomic E-state index is -0.727. The van der Waals surface area contributed by atoms with Crippen LogP contribution in [0.2, 0.25) is 0 Å². The van der Waals surface area contributed by atoms with Crippen molar-refractivity contribution in [2.75, 3.05) is 13.1 Å². The molecule has 4 bridgehead atoms. The summed E-state index contributed by atoms with van der Waals surface area (Å²) in [6.45, 7) is 0.968. The number of imidazole rings is 1. The van der Waals surface area contributed by atoms with Crippen molar-refractivity contribution in [2.24, 2.45) is 11.8 Å². The number of para-hydroxylation sites is 2. The first-order valence-electron chi connectivity index (χ1n) is 15.4. The minimum Gasteiger partial charge on any atom is -0.480 e. The number of aliphatic carboxylic acids is 1. The van der Waals surface area contributed by atoms with Gasteiger partial charge in [-0.05, 0) is 94.7 Å². The third-order valence-corrected chi connectivity index (χ3v) is 10.9. The third kappa shape index (κ3) is 4.42. The van der Waals surface area contributed by atoms with Crippen LogP contribution in [0.3, 0.4) is 0 Å². The minimum absolute atomic E-state index is 0.104. The maximum Gasteiger partial charge on any atom is 0.317 e. The standard InChI is InChI=1S/C31H44N4O2/c36-30(37)20-33-16-4-3-13-29(33)31-32-26-11-1-2-12-28(26)35(31)25-18-23-9-6-10-24(19-25)34(23)27-15-14-21-7-5-8-22(27)17-21/h1-2,11-12,21-25,27,29H,3-10,13-20H2,(H,36,37)/t21?,22-,23-,24+,25?,27?,29+/m1/s1. The van der Waals surface area contributed by atoms with Gasteiger partial charge in [-0.25, -0.2) is 4.98 Å². The number of likely N-dealkylation sites (tertiary alicyclic amines) is 1. The van der Waals surface area contributed by atoms with E-state index in [-0.39, 0.29) is 12.6 Å². The number of rotatable bonds is 5. The smallest absolute Gasteiger partial charge is 0.317 e. The first-order valence-corrected chi connectivity index (χ1v) is 15.4. The van der Waals surface area contributed by atoms with Crippen LogP contribution in [0.4, 0.5) is 0 Å². The summed E-state index contributed by atoms with van der Waals surface area (Å²) in [5.74, 6) is 2.35. The number of carbonyl (C=O) groups is 1. The van der Waals surface area contributed by atoms with Crippen molar-refractivity contribution in [3.63, 3.8) is 0 Å². The van der Waals surface area contributed by atoms with Gasteiger partial charge >= 0.3 is 5.97 Å². The van der Waals surface area contributed by atoms with Gasteiger partial charge in [-0.3, -0.25) is 14.6 Å². The van der Waals surface area contributed by atoms with E-state index < -0.39 is 5.97 Å². The summed E-state index contributed by atoms with van der Waals surface area (Å²) in [7, 11) is 0. The number of nitrogens with zero attached hydrogens (tertiary/aromatic N) is 4. The average Bonchev–Trinajstić information content (AvgIpc) is 3.28. The van der Waals surface area contributed by atoms with Crippen molar-refractivity contribution in [2.45, 2.75) is 120 Å². The highest BCUT2D eigenvalue weighted by molar-refractivity contribution is 5.76. The van der Waals surface area contributed by atoms with Crippen molar-refractivity contribution in [1.29, 1.82) is 0 Å². The molecule has 3 saturated heterocycles. The first kappa shape index (κ1) is 24.1. The summed E-state index contributed by atoms with van der Waals surface area (Å²) >= 11 is 0. The van der Waals surface area contributed by atoms with Gasteiger partial charge in [0, 0.05) is 24.2 Å². The Morgan fingerprint density at radius 3 is 2.51 bits per heavy atom. The lowest BCUT2D eigenvalue weighted by Crippen LogP contribution is -2.59. The molecule has 0 radical (unpaired) electrons. The van der Waals surface area contributed by atoms with Crippen molar-refractivity contribution in [3.8, 4) is 0 Å². The summed E-state index contributed by atoms with van der Waals surface area (Å²) in [5.41, 5.74) is 2.33. The maximum atomic E-state index is 11.7. The summed E-state index contributed by atoms with van der Waals surface area (Å²) in [5, 5.41) is 9.64. The Balaban J connectivity index is 1.22. The number of fused-ring (bicyclic) bond motifs is 5. The number of aromatic nitrogens is 2. The lowest BCUT2D eigenvalue weighted by molar-refractivity contribution is -0.139. The fourth-order valence-electron chi connectivity index (χ4n) is 9.45. The molecule has 200 valence electrons. The molecule has 2 aliphatic carbocycles. The topological polar surface area (TPSA) is 61.6 Å². The van der Waals surface area contributed by atoms with Crippen LogP contribution in [0.15, 0.2) is 24.3 Å². The van der Waals surface area contributed by atoms with Gasteiger partial charge in [-0.2, -0.15) is 0 Å². The van der Waals surface area contributed by atoms with Gasteiger partial charge in [0.05, 0.1) is 23.6 Å². The van der Waals surface area contributed by atoms with Crippen LogP contribution in [0, 0.1) is 11.8 Å². The molecule has 5 aliphatic rings. The Bertz CT molecular complexity index is 1120. The van der Waals surface area contributed by atoms with Crippen LogP contribution in [-0.4, -0.2) is 61.6 Å². The zero-order valence-corrected chi connectivity index (χ0v) is 22.3. The molecular formula is C31H44N4O2. The summed E-state index contributed by atoms with van der Waals surface area (Å²) < 4.78 is 2.60. The van der Waals surface area contributed by atoms with E-state index in [2.05, 4.69) is 38.6 Å². The third-order valence-electron chi connectivity index (χ3n) is 10.9. The summed E-state index contributed by atoms with van der Waals surface area (Å²) in [4.78, 5) is 22.2. The van der Waals surface area contributed by atoms with Crippen LogP contribution in [0.25, 0.3) is 11.0 Å². The molecule has 7 atom stereocenters. The van der Waals surface area contributed by atoms with Crippen molar-refractivity contribution >= 4 is 17.0 Å². The number of piperidine rings is 3. The van der Waals surface area contributed by atoms with E-state index in [4.69, 9.17) is 4.98 Å². The Morgan fingerprint density at radius 1 is 0.865 bits per heavy atom. The molecule has 3 unspecified atom stereocenters. The normalized spacial score (nSPS) is 37.0. The molecule has 2 aromatic rings. The largest absolute Gasteiger partial charge is 0.480 e. The number of hydrogen-bond acceptors (Lipinski definition) is 4. The van der Waals surface area contributed by atoms with E-state index in [9.17, 15) is 9.90 Å². The van der Waals surface area contributed by atoms with Gasteiger partial charge < -0.3 is 9.67 Å². The van der Waals surface area contributed by atoms with Gasteiger partial charge in [0.25, 0.3) is 0 Å². The lowest BCUT2D eigenvalue weighted by atomic mass is 9.67. The van der Waals surface area contributed by atoms with Crippen molar-refractivity contribution in [3.05, 3.63) is 30.1 Å². The molecule has 37 heavy (non-hydrogen) atoms. The molecule has 1 aromatic carbocycles. The highest BCUT2D eigenvalue weighted by Gasteiger charge is 2.47. The van der Waals surface area contributed by atoms with Crippen LogP contribution < -0.4 is 0 Å². The molecule has 0 spiro atoms. The Labute approximate surface area is 221 Å². The molecule has 6 nitrogen and oxygen atoms in total. The first-order chi connectivity index (χ1) is 18.2. The summed E-state index contributed by atoms with van der Waals surface area (Å²) in [6.07, 6.45) is 18.5. The molecule has 6 heteroatoms. The van der Waals surface area contributed by atoms with Crippen LogP contribution in [0.5, 0.6) is 0 Å². The molecule has 5 fully saturated rings. The number of benzene rings is 1. The second kappa shape index (κ2) is 10.00. The van der Waals surface area contributed by atoms with E-state index in [1.807, 2.05) is 0 Å². The van der Waals surface area contributed by atoms with Crippen molar-refractivity contribution < 1.29 is 9.90 Å². The van der Waals surface area contributed by atoms with Gasteiger partial charge in [-0.1, -0.05) is 37.8 Å². The van der Waals surface area contributed by atoms with Gasteiger partial charge in [0.1, 0.15) is 5.82 Å². The molecule has 4 heterocycles. The molecular weight excluding hydrogens is 460 g/mol. The van der Waals surface area contributed by atoms with Crippen molar-refractivity contribution in [1.82, 2.24) is 19.4 Å². The average molecular weight is 505 g/mol. The van der Waals surface area contributed by atoms with E-state index in [1.54, 1.807) is 0 Å². The van der Waals surface area contributed by atoms with E-state index in [0.717, 1.165) is 55.0 Å². The number of carboxylic acids is 1. The molecule has 7 rings (SSSR count). The highest BCUT2D eigenvalue weighted by atomic mass is 16.4. The predicted molar refractivity (Wildman–Crippen MR) is 146 cm³/mol. The molecule has 3 aliphatic heterocycles. The van der Waals surface area contributed by atoms with Gasteiger partial charge in [0.2, 0.25) is 0 Å². The van der Waals surface area contributed by atoms with Gasteiger partial charge in [-0.15, -0.1) is 0 Å². The quantitative estimate of drug-likeness (QED) is 0.527. The SMILES string of the molecule is O=C(O)CN1CCCC[C@H]1c1nc2ccccc2n1C1C[C@H]2CCC[C@@H](C1)N2C1CCC2CCC[C@@H]1C2. The Kier molecular flexibility index (Phi) is 6.52. The van der Waals surface area contributed by atoms with Crippen LogP contribution >= 0.6 is 0 Å². The van der Waals surface area contributed by atoms with Crippen LogP contribution in [0.1, 0.15) is 108 Å². The zero-order valence-electron chi connectivity index (χ0n) is 22.3. The summed E-state index contributed by atoms with van der Waals surface area (Å²) in [6, 6.07) is 11.4. The number of carboxylic acid groups (broad SMARTS) is 1. The molecule has 2 saturated carbocycles. The predicted octanol–water partition coefficient (Wildman–Crippen LogP) is 6.17. The lowest BCUT2D eigenvalue weighted by Gasteiger charge is -2.56. The van der Waals surface area contributed by atoms with E-state index >= 15 is 0 Å².